The molecule has 94 valence electrons. The third kappa shape index (κ3) is 3.35. The molecule has 2 N–H and O–H groups in total. The molecular weight excluding hydrogens is 224 g/mol. The van der Waals surface area contributed by atoms with Crippen LogP contribution >= 0.6 is 0 Å². The molecule has 0 saturated carbocycles. The Kier molecular flexibility index (Phi) is 4.38. The summed E-state index contributed by atoms with van der Waals surface area (Å²) in [6.45, 7) is 1.93. The first-order valence-electron chi connectivity index (χ1n) is 6.35. The van der Waals surface area contributed by atoms with Crippen molar-refractivity contribution in [3.63, 3.8) is 0 Å². The van der Waals surface area contributed by atoms with Gasteiger partial charge in [0.25, 0.3) is 0 Å². The van der Waals surface area contributed by atoms with Gasteiger partial charge in [0.2, 0.25) is 5.91 Å². The highest BCUT2D eigenvalue weighted by molar-refractivity contribution is 5.76. The fourth-order valence-electron chi connectivity index (χ4n) is 2.15. The van der Waals surface area contributed by atoms with E-state index in [9.17, 15) is 4.79 Å². The minimum absolute atomic E-state index is 0.264. The van der Waals surface area contributed by atoms with Crippen molar-refractivity contribution in [3.05, 3.63) is 35.4 Å². The summed E-state index contributed by atoms with van der Waals surface area (Å²) >= 11 is 0. The number of amides is 1. The van der Waals surface area contributed by atoms with E-state index in [0.717, 1.165) is 30.5 Å². The van der Waals surface area contributed by atoms with E-state index in [1.807, 2.05) is 29.2 Å². The molecule has 2 rings (SSSR count). The maximum Gasteiger partial charge on any atom is 0.222 e. The standard InChI is InChI=1S/C15H18N2O/c16-9-4-7-13-5-3-6-14(11-13)12-17-10-2-1-8-15(17)18/h3,5-6,11H,1-2,8-10,12,16H2. The zero-order valence-corrected chi connectivity index (χ0v) is 10.5. The van der Waals surface area contributed by atoms with Crippen LogP contribution in [0.15, 0.2) is 24.3 Å². The van der Waals surface area contributed by atoms with E-state index in [1.54, 1.807) is 0 Å². The summed E-state index contributed by atoms with van der Waals surface area (Å²) in [4.78, 5) is 13.7. The number of rotatable bonds is 2. The topological polar surface area (TPSA) is 46.3 Å². The molecule has 1 aromatic carbocycles. The molecule has 0 radical (unpaired) electrons. The van der Waals surface area contributed by atoms with Crippen LogP contribution in [0.2, 0.25) is 0 Å². The van der Waals surface area contributed by atoms with Crippen molar-refractivity contribution in [1.82, 2.24) is 4.90 Å². The summed E-state index contributed by atoms with van der Waals surface area (Å²) < 4.78 is 0. The van der Waals surface area contributed by atoms with Gasteiger partial charge in [0.05, 0.1) is 6.54 Å². The second-order valence-corrected chi connectivity index (χ2v) is 4.48. The van der Waals surface area contributed by atoms with E-state index in [2.05, 4.69) is 11.8 Å². The van der Waals surface area contributed by atoms with Gasteiger partial charge in [-0.15, -0.1) is 0 Å². The van der Waals surface area contributed by atoms with Gasteiger partial charge in [0, 0.05) is 25.1 Å². The second kappa shape index (κ2) is 6.23. The third-order valence-corrected chi connectivity index (χ3v) is 3.06. The average molecular weight is 242 g/mol. The number of likely N-dealkylation sites (tertiary alicyclic amines) is 1. The van der Waals surface area contributed by atoms with Crippen LogP contribution in [0.4, 0.5) is 0 Å². The maximum absolute atomic E-state index is 11.7. The quantitative estimate of drug-likeness (QED) is 0.799. The first-order valence-corrected chi connectivity index (χ1v) is 6.35. The molecule has 18 heavy (non-hydrogen) atoms. The molecule has 0 aliphatic carbocycles. The number of carbonyl (C=O) groups is 1. The van der Waals surface area contributed by atoms with Crippen LogP contribution in [-0.4, -0.2) is 23.9 Å². The molecule has 1 heterocycles. The summed E-state index contributed by atoms with van der Waals surface area (Å²) in [6, 6.07) is 8.01. The van der Waals surface area contributed by atoms with Crippen LogP contribution in [0, 0.1) is 11.8 Å². The van der Waals surface area contributed by atoms with Crippen molar-refractivity contribution in [2.75, 3.05) is 13.1 Å². The number of carbonyl (C=O) groups excluding carboxylic acids is 1. The van der Waals surface area contributed by atoms with Gasteiger partial charge >= 0.3 is 0 Å². The fourth-order valence-corrected chi connectivity index (χ4v) is 2.15. The normalized spacial score (nSPS) is 15.2. The summed E-state index contributed by atoms with van der Waals surface area (Å²) in [7, 11) is 0. The molecule has 1 aliphatic heterocycles. The van der Waals surface area contributed by atoms with Crippen molar-refractivity contribution in [2.24, 2.45) is 5.73 Å². The van der Waals surface area contributed by atoms with Crippen LogP contribution in [0.3, 0.4) is 0 Å². The van der Waals surface area contributed by atoms with E-state index < -0.39 is 0 Å². The molecule has 0 bridgehead atoms. The lowest BCUT2D eigenvalue weighted by atomic mass is 10.1. The minimum Gasteiger partial charge on any atom is -0.338 e. The molecule has 0 unspecified atom stereocenters. The van der Waals surface area contributed by atoms with Crippen molar-refractivity contribution in [2.45, 2.75) is 25.8 Å². The zero-order chi connectivity index (χ0) is 12.8. The van der Waals surface area contributed by atoms with Gasteiger partial charge < -0.3 is 10.6 Å². The molecule has 0 atom stereocenters. The first-order chi connectivity index (χ1) is 8.79. The Labute approximate surface area is 108 Å². The van der Waals surface area contributed by atoms with E-state index in [0.29, 0.717) is 19.5 Å². The van der Waals surface area contributed by atoms with Gasteiger partial charge in [-0.3, -0.25) is 4.79 Å². The molecule has 1 aromatic rings. The Morgan fingerprint density at radius 2 is 2.22 bits per heavy atom. The van der Waals surface area contributed by atoms with Crippen molar-refractivity contribution < 1.29 is 4.79 Å². The van der Waals surface area contributed by atoms with E-state index in [4.69, 9.17) is 5.73 Å². The van der Waals surface area contributed by atoms with Gasteiger partial charge in [0.1, 0.15) is 0 Å². The van der Waals surface area contributed by atoms with Gasteiger partial charge in [-0.2, -0.15) is 0 Å². The monoisotopic (exact) mass is 242 g/mol. The summed E-state index contributed by atoms with van der Waals surface area (Å²) in [5, 5.41) is 0. The molecule has 0 spiro atoms. The van der Waals surface area contributed by atoms with E-state index in [1.165, 1.54) is 0 Å². The Balaban J connectivity index is 2.06. The number of hydrogen-bond donors (Lipinski definition) is 1. The Bertz CT molecular complexity index is 485. The lowest BCUT2D eigenvalue weighted by molar-refractivity contribution is -0.133. The summed E-state index contributed by atoms with van der Waals surface area (Å²) in [6.07, 6.45) is 2.82. The number of nitrogens with two attached hydrogens (primary N) is 1. The Morgan fingerprint density at radius 1 is 1.33 bits per heavy atom. The number of benzene rings is 1. The second-order valence-electron chi connectivity index (χ2n) is 4.48. The van der Waals surface area contributed by atoms with E-state index in [-0.39, 0.29) is 5.91 Å². The molecule has 1 aliphatic rings. The predicted octanol–water partition coefficient (Wildman–Crippen LogP) is 1.51. The smallest absolute Gasteiger partial charge is 0.222 e. The Morgan fingerprint density at radius 3 is 3.00 bits per heavy atom. The molecule has 1 saturated heterocycles. The highest BCUT2D eigenvalue weighted by Gasteiger charge is 2.17. The highest BCUT2D eigenvalue weighted by atomic mass is 16.2. The van der Waals surface area contributed by atoms with Crippen LogP contribution in [-0.2, 0) is 11.3 Å². The van der Waals surface area contributed by atoms with Gasteiger partial charge in [-0.25, -0.2) is 0 Å². The lowest BCUT2D eigenvalue weighted by Gasteiger charge is -2.26. The van der Waals surface area contributed by atoms with Crippen molar-refractivity contribution >= 4 is 5.91 Å². The maximum atomic E-state index is 11.7. The summed E-state index contributed by atoms with van der Waals surface area (Å²) in [5.74, 6) is 6.12. The SMILES string of the molecule is NCC#Cc1cccc(CN2CCCCC2=O)c1. The third-order valence-electron chi connectivity index (χ3n) is 3.06. The molecule has 1 fully saturated rings. The van der Waals surface area contributed by atoms with Crippen molar-refractivity contribution in [1.29, 1.82) is 0 Å². The van der Waals surface area contributed by atoms with E-state index >= 15 is 0 Å². The first kappa shape index (κ1) is 12.7. The van der Waals surface area contributed by atoms with Crippen LogP contribution in [0.5, 0.6) is 0 Å². The molecule has 3 heteroatoms. The van der Waals surface area contributed by atoms with Gasteiger partial charge in [-0.1, -0.05) is 24.0 Å². The van der Waals surface area contributed by atoms with Gasteiger partial charge in [0.15, 0.2) is 0 Å². The number of hydrogen-bond acceptors (Lipinski definition) is 2. The predicted molar refractivity (Wildman–Crippen MR) is 71.6 cm³/mol. The molecule has 3 nitrogen and oxygen atoms in total. The molecular formula is C15H18N2O. The van der Waals surface area contributed by atoms with Crippen molar-refractivity contribution in [3.8, 4) is 11.8 Å². The summed E-state index contributed by atoms with van der Waals surface area (Å²) in [5.41, 5.74) is 7.45. The van der Waals surface area contributed by atoms with Crippen LogP contribution in [0.25, 0.3) is 0 Å². The lowest BCUT2D eigenvalue weighted by Crippen LogP contribution is -2.34. The Hall–Kier alpha value is -1.79. The average Bonchev–Trinajstić information content (AvgIpc) is 2.40. The molecule has 0 aromatic heterocycles. The fraction of sp³-hybridized carbons (Fsp3) is 0.400. The number of piperidine rings is 1. The van der Waals surface area contributed by atoms with Crippen LogP contribution < -0.4 is 5.73 Å². The highest BCUT2D eigenvalue weighted by Crippen LogP contribution is 2.15. The minimum atomic E-state index is 0.264. The van der Waals surface area contributed by atoms with Crippen LogP contribution in [0.1, 0.15) is 30.4 Å². The molecule has 1 amide bonds. The van der Waals surface area contributed by atoms with Gasteiger partial charge in [-0.05, 0) is 30.5 Å². The number of nitrogens with zero attached hydrogens (tertiary/aromatic N) is 1. The zero-order valence-electron chi connectivity index (χ0n) is 10.5. The largest absolute Gasteiger partial charge is 0.338 e.